The van der Waals surface area contributed by atoms with E-state index in [0.717, 1.165) is 0 Å². The number of anilines is 1. The number of aliphatic carboxylic acids is 1. The molecule has 1 unspecified atom stereocenters. The van der Waals surface area contributed by atoms with E-state index in [1.54, 1.807) is 12.1 Å². The molecule has 0 spiro atoms. The third kappa shape index (κ3) is 3.25. The predicted molar refractivity (Wildman–Crippen MR) is 72.2 cm³/mol. The molecule has 2 heterocycles. The molecule has 8 heteroatoms. The Bertz CT molecular complexity index is 544. The number of fused-ring (bicyclic) bond motifs is 1. The van der Waals surface area contributed by atoms with E-state index >= 15 is 0 Å². The highest BCUT2D eigenvalue weighted by molar-refractivity contribution is 5.87. The lowest BCUT2D eigenvalue weighted by Crippen LogP contribution is -2.32. The molecule has 18 heavy (non-hydrogen) atoms. The van der Waals surface area contributed by atoms with Gasteiger partial charge in [0.25, 0.3) is 0 Å². The van der Waals surface area contributed by atoms with Crippen molar-refractivity contribution >= 4 is 47.6 Å². The molecule has 0 aliphatic carbocycles. The third-order valence-electron chi connectivity index (χ3n) is 2.27. The third-order valence-corrected chi connectivity index (χ3v) is 2.27. The van der Waals surface area contributed by atoms with Crippen LogP contribution < -0.4 is 11.5 Å². The van der Waals surface area contributed by atoms with Crippen molar-refractivity contribution in [2.24, 2.45) is 5.73 Å². The topological polar surface area (TPSA) is 115 Å². The highest BCUT2D eigenvalue weighted by Gasteiger charge is 2.15. The highest BCUT2D eigenvalue weighted by atomic mass is 35.5. The molecular formula is C10H13Cl2N3O3. The lowest BCUT2D eigenvalue weighted by Gasteiger charge is -2.01. The largest absolute Gasteiger partial charge is 0.480 e. The molecule has 0 amide bonds. The Labute approximate surface area is 115 Å². The smallest absolute Gasteiger partial charge is 0.320 e. The van der Waals surface area contributed by atoms with Gasteiger partial charge in [0.05, 0.1) is 5.39 Å². The van der Waals surface area contributed by atoms with Gasteiger partial charge in [-0.25, -0.2) is 4.98 Å². The van der Waals surface area contributed by atoms with Crippen molar-refractivity contribution in [2.75, 3.05) is 5.73 Å². The van der Waals surface area contributed by atoms with Crippen molar-refractivity contribution in [3.05, 3.63) is 24.1 Å². The van der Waals surface area contributed by atoms with Gasteiger partial charge in [-0.1, -0.05) is 0 Å². The first-order valence-electron chi connectivity index (χ1n) is 4.69. The number of nitrogen functional groups attached to an aromatic ring is 1. The number of hydrogen-bond donors (Lipinski definition) is 3. The Morgan fingerprint density at radius 1 is 1.50 bits per heavy atom. The summed E-state index contributed by atoms with van der Waals surface area (Å²) in [6.45, 7) is 0. The Hall–Kier alpha value is -1.50. The molecular weight excluding hydrogens is 281 g/mol. The molecule has 0 saturated carbocycles. The van der Waals surface area contributed by atoms with Crippen molar-refractivity contribution in [3.8, 4) is 0 Å². The van der Waals surface area contributed by atoms with Crippen molar-refractivity contribution in [1.82, 2.24) is 4.98 Å². The summed E-state index contributed by atoms with van der Waals surface area (Å²) in [6.07, 6.45) is 1.66. The number of carboxylic acid groups (broad SMARTS) is 1. The van der Waals surface area contributed by atoms with Gasteiger partial charge in [-0.15, -0.1) is 24.8 Å². The zero-order valence-electron chi connectivity index (χ0n) is 9.20. The van der Waals surface area contributed by atoms with Crippen LogP contribution >= 0.6 is 24.8 Å². The van der Waals surface area contributed by atoms with Gasteiger partial charge in [0, 0.05) is 12.6 Å². The summed E-state index contributed by atoms with van der Waals surface area (Å²) in [5.74, 6) is -0.215. The molecule has 0 radical (unpaired) electrons. The predicted octanol–water partition coefficient (Wildman–Crippen LogP) is 1.21. The number of nitrogens with two attached hydrogens (primary N) is 2. The van der Waals surface area contributed by atoms with Gasteiger partial charge < -0.3 is 21.0 Å². The van der Waals surface area contributed by atoms with Gasteiger partial charge in [0.1, 0.15) is 23.2 Å². The van der Waals surface area contributed by atoms with E-state index in [1.165, 1.54) is 6.20 Å². The molecule has 2 aromatic heterocycles. The lowest BCUT2D eigenvalue weighted by atomic mass is 10.2. The average Bonchev–Trinajstić information content (AvgIpc) is 2.61. The number of rotatable bonds is 3. The van der Waals surface area contributed by atoms with Crippen LogP contribution in [-0.4, -0.2) is 22.1 Å². The minimum absolute atomic E-state index is 0. The van der Waals surface area contributed by atoms with E-state index in [-0.39, 0.29) is 31.2 Å². The summed E-state index contributed by atoms with van der Waals surface area (Å²) >= 11 is 0. The molecule has 2 aromatic rings. The lowest BCUT2D eigenvalue weighted by molar-refractivity contribution is -0.138. The van der Waals surface area contributed by atoms with Crippen LogP contribution in [0.5, 0.6) is 0 Å². The fourth-order valence-electron chi connectivity index (χ4n) is 1.44. The number of carbonyl (C=O) groups is 1. The van der Waals surface area contributed by atoms with Crippen molar-refractivity contribution in [1.29, 1.82) is 0 Å². The van der Waals surface area contributed by atoms with Crippen LogP contribution in [0.1, 0.15) is 5.76 Å². The number of nitrogens with zero attached hydrogens (tertiary/aromatic N) is 1. The Morgan fingerprint density at radius 3 is 2.72 bits per heavy atom. The normalized spacial score (nSPS) is 11.4. The summed E-state index contributed by atoms with van der Waals surface area (Å²) in [5, 5.41) is 9.35. The van der Waals surface area contributed by atoms with Gasteiger partial charge in [-0.2, -0.15) is 0 Å². The van der Waals surface area contributed by atoms with E-state index in [2.05, 4.69) is 4.98 Å². The SMILES string of the molecule is Cl.Cl.Nc1nccc2oc(CC(N)C(=O)O)cc12. The quantitative estimate of drug-likeness (QED) is 0.783. The summed E-state index contributed by atoms with van der Waals surface area (Å²) < 4.78 is 5.41. The molecule has 100 valence electrons. The first-order chi connectivity index (χ1) is 7.58. The maximum atomic E-state index is 10.6. The Balaban J connectivity index is 0.00000144. The molecule has 0 bridgehead atoms. The van der Waals surface area contributed by atoms with Crippen LogP contribution in [-0.2, 0) is 11.2 Å². The van der Waals surface area contributed by atoms with E-state index in [0.29, 0.717) is 22.5 Å². The second kappa shape index (κ2) is 6.44. The Morgan fingerprint density at radius 2 is 2.17 bits per heavy atom. The molecule has 0 saturated heterocycles. The summed E-state index contributed by atoms with van der Waals surface area (Å²) in [5.41, 5.74) is 11.6. The standard InChI is InChI=1S/C10H11N3O3.2ClH/c11-7(10(14)15)4-5-3-6-8(16-5)1-2-13-9(6)12;;/h1-3,7H,4,11H2,(H2,12,13)(H,14,15);2*1H. The molecule has 0 aliphatic heterocycles. The van der Waals surface area contributed by atoms with E-state index in [1.807, 2.05) is 0 Å². The van der Waals surface area contributed by atoms with Gasteiger partial charge >= 0.3 is 5.97 Å². The maximum Gasteiger partial charge on any atom is 0.320 e. The zero-order chi connectivity index (χ0) is 11.7. The fraction of sp³-hybridized carbons (Fsp3) is 0.200. The highest BCUT2D eigenvalue weighted by Crippen LogP contribution is 2.23. The number of furan rings is 1. The Kier molecular flexibility index (Phi) is 5.90. The van der Waals surface area contributed by atoms with Crippen LogP contribution in [0.25, 0.3) is 11.0 Å². The molecule has 5 N–H and O–H groups in total. The number of carboxylic acids is 1. The van der Waals surface area contributed by atoms with Crippen molar-refractivity contribution in [2.45, 2.75) is 12.5 Å². The minimum Gasteiger partial charge on any atom is -0.480 e. The number of halogens is 2. The van der Waals surface area contributed by atoms with Crippen LogP contribution in [0.2, 0.25) is 0 Å². The van der Waals surface area contributed by atoms with Gasteiger partial charge in [-0.05, 0) is 12.1 Å². The molecule has 0 aliphatic rings. The van der Waals surface area contributed by atoms with Crippen molar-refractivity contribution in [3.63, 3.8) is 0 Å². The number of hydrogen-bond acceptors (Lipinski definition) is 5. The minimum atomic E-state index is -1.06. The van der Waals surface area contributed by atoms with E-state index < -0.39 is 12.0 Å². The summed E-state index contributed by atoms with van der Waals surface area (Å²) in [4.78, 5) is 14.5. The van der Waals surface area contributed by atoms with Gasteiger partial charge in [0.2, 0.25) is 0 Å². The van der Waals surface area contributed by atoms with Crippen LogP contribution in [0, 0.1) is 0 Å². The number of pyridine rings is 1. The van der Waals surface area contributed by atoms with E-state index in [4.69, 9.17) is 21.0 Å². The summed E-state index contributed by atoms with van der Waals surface area (Å²) in [7, 11) is 0. The van der Waals surface area contributed by atoms with Crippen LogP contribution in [0.15, 0.2) is 22.7 Å². The fourth-order valence-corrected chi connectivity index (χ4v) is 1.44. The second-order valence-electron chi connectivity index (χ2n) is 3.47. The monoisotopic (exact) mass is 293 g/mol. The first kappa shape index (κ1) is 16.5. The zero-order valence-corrected chi connectivity index (χ0v) is 10.8. The maximum absolute atomic E-state index is 10.6. The van der Waals surface area contributed by atoms with E-state index in [9.17, 15) is 4.79 Å². The molecule has 2 rings (SSSR count). The van der Waals surface area contributed by atoms with Gasteiger partial charge in [0.15, 0.2) is 0 Å². The molecule has 1 atom stereocenters. The van der Waals surface area contributed by atoms with Crippen LogP contribution in [0.4, 0.5) is 5.82 Å². The number of aromatic nitrogens is 1. The molecule has 6 nitrogen and oxygen atoms in total. The first-order valence-corrected chi connectivity index (χ1v) is 4.69. The molecule has 0 fully saturated rings. The van der Waals surface area contributed by atoms with Crippen molar-refractivity contribution < 1.29 is 14.3 Å². The molecule has 0 aromatic carbocycles. The van der Waals surface area contributed by atoms with Crippen LogP contribution in [0.3, 0.4) is 0 Å². The second-order valence-corrected chi connectivity index (χ2v) is 3.47. The van der Waals surface area contributed by atoms with Gasteiger partial charge in [-0.3, -0.25) is 4.79 Å². The average molecular weight is 294 g/mol. The summed E-state index contributed by atoms with van der Waals surface area (Å²) in [6, 6.07) is 2.36.